The van der Waals surface area contributed by atoms with Gasteiger partial charge in [-0.25, -0.2) is 4.36 Å². The topological polar surface area (TPSA) is 79.3 Å². The summed E-state index contributed by atoms with van der Waals surface area (Å²) >= 11 is 0. The molecule has 7 heteroatoms. The lowest BCUT2D eigenvalue weighted by molar-refractivity contribution is -0.384. The van der Waals surface area contributed by atoms with Gasteiger partial charge in [-0.1, -0.05) is 0 Å². The molecule has 1 atom stereocenters. The number of hydrogen-bond donors (Lipinski definition) is 0. The molecule has 1 rings (SSSR count). The first-order valence-electron chi connectivity index (χ1n) is 4.65. The first-order valence-corrected chi connectivity index (χ1v) is 6.66. The Kier molecular flexibility index (Phi) is 4.21. The highest BCUT2D eigenvalue weighted by Gasteiger charge is 2.16. The molecule has 0 saturated heterocycles. The molecule has 17 heavy (non-hydrogen) atoms. The first kappa shape index (κ1) is 13.6. The maximum absolute atomic E-state index is 10.5. The third kappa shape index (κ3) is 3.80. The zero-order valence-electron chi connectivity index (χ0n) is 9.25. The summed E-state index contributed by atoms with van der Waals surface area (Å²) in [5.41, 5.74) is -0.867. The van der Waals surface area contributed by atoms with Crippen LogP contribution in [0.25, 0.3) is 0 Å². The van der Waals surface area contributed by atoms with Crippen molar-refractivity contribution in [1.29, 1.82) is 5.26 Å². The van der Waals surface area contributed by atoms with Crippen molar-refractivity contribution < 1.29 is 4.92 Å². The third-order valence-corrected chi connectivity index (χ3v) is 3.84. The molecule has 1 aromatic carbocycles. The molecule has 0 aliphatic heterocycles. The normalized spacial score (nSPS) is 13.1. The van der Waals surface area contributed by atoms with Gasteiger partial charge in [0.05, 0.1) is 11.0 Å². The van der Waals surface area contributed by atoms with E-state index < -0.39 is 20.4 Å². The van der Waals surface area contributed by atoms with Crippen molar-refractivity contribution in [2.24, 2.45) is 4.36 Å². The molecule has 5 nitrogen and oxygen atoms in total. The Balaban J connectivity index is 3.03. The molecule has 0 N–H and O–H groups in total. The van der Waals surface area contributed by atoms with Crippen LogP contribution in [0.2, 0.25) is 0 Å². The summed E-state index contributed by atoms with van der Waals surface area (Å²) in [6.45, 7) is 3.31. The molecule has 1 aromatic rings. The van der Waals surface area contributed by atoms with Crippen LogP contribution < -0.4 is 0 Å². The van der Waals surface area contributed by atoms with Gasteiger partial charge in [0, 0.05) is 26.9 Å². The van der Waals surface area contributed by atoms with Gasteiger partial charge in [0.25, 0.3) is 5.69 Å². The summed E-state index contributed by atoms with van der Waals surface area (Å²) in [6, 6.07) is 7.85. The molecule has 0 saturated carbocycles. The standard InChI is InChI=1S/C10H10ClN3O2S/c1-10(2,7-12)13-17(11)9-5-3-8(4-6-9)14(15)16/h3-6H,1-2H3. The predicted molar refractivity (Wildman–Crippen MR) is 66.7 cm³/mol. The summed E-state index contributed by atoms with van der Waals surface area (Å²) in [4.78, 5) is 10.6. The molecule has 0 heterocycles. The van der Waals surface area contributed by atoms with Crippen LogP contribution in [-0.2, 0) is 9.90 Å². The van der Waals surface area contributed by atoms with Crippen LogP contribution in [0, 0.1) is 21.4 Å². The van der Waals surface area contributed by atoms with Crippen molar-refractivity contribution >= 4 is 26.3 Å². The molecule has 0 aliphatic carbocycles. The number of nitriles is 1. The Morgan fingerprint density at radius 2 is 2.00 bits per heavy atom. The van der Waals surface area contributed by atoms with Crippen molar-refractivity contribution in [3.8, 4) is 6.07 Å². The zero-order valence-corrected chi connectivity index (χ0v) is 10.8. The van der Waals surface area contributed by atoms with Gasteiger partial charge in [0.15, 0.2) is 0 Å². The Morgan fingerprint density at radius 3 is 2.41 bits per heavy atom. The Bertz CT molecular complexity index is 505. The number of non-ortho nitro benzene ring substituents is 1. The van der Waals surface area contributed by atoms with Gasteiger partial charge in [0.1, 0.15) is 5.54 Å². The van der Waals surface area contributed by atoms with Gasteiger partial charge in [-0.05, 0) is 36.7 Å². The van der Waals surface area contributed by atoms with E-state index in [4.69, 9.17) is 15.9 Å². The lowest BCUT2D eigenvalue weighted by atomic mass is 10.1. The second kappa shape index (κ2) is 5.25. The lowest BCUT2D eigenvalue weighted by Crippen LogP contribution is -2.13. The Labute approximate surface area is 106 Å². The van der Waals surface area contributed by atoms with Crippen molar-refractivity contribution in [3.63, 3.8) is 0 Å². The van der Waals surface area contributed by atoms with Gasteiger partial charge in [-0.2, -0.15) is 5.26 Å². The van der Waals surface area contributed by atoms with Crippen LogP contribution in [0.15, 0.2) is 33.5 Å². The highest BCUT2D eigenvalue weighted by atomic mass is 35.7. The van der Waals surface area contributed by atoms with E-state index in [-0.39, 0.29) is 5.69 Å². The maximum atomic E-state index is 10.5. The maximum Gasteiger partial charge on any atom is 0.269 e. The molecule has 90 valence electrons. The smallest absolute Gasteiger partial charge is 0.258 e. The van der Waals surface area contributed by atoms with E-state index in [0.717, 1.165) is 0 Å². The minimum Gasteiger partial charge on any atom is -0.258 e. The molecular formula is C10H10ClN3O2S. The van der Waals surface area contributed by atoms with Crippen LogP contribution in [0.4, 0.5) is 5.69 Å². The second-order valence-electron chi connectivity index (χ2n) is 3.75. The fourth-order valence-corrected chi connectivity index (χ4v) is 2.69. The fourth-order valence-electron chi connectivity index (χ4n) is 0.954. The lowest BCUT2D eigenvalue weighted by Gasteiger charge is -2.09. The molecule has 0 aromatic heterocycles. The van der Waals surface area contributed by atoms with E-state index in [9.17, 15) is 10.1 Å². The van der Waals surface area contributed by atoms with Gasteiger partial charge in [-0.3, -0.25) is 10.1 Å². The van der Waals surface area contributed by atoms with E-state index in [0.29, 0.717) is 4.90 Å². The molecule has 1 unspecified atom stereocenters. The SMILES string of the molecule is CC(C)(C#N)N=S(Cl)c1ccc([N+](=O)[O-])cc1. The number of halogens is 1. The number of rotatable bonds is 3. The average molecular weight is 272 g/mol. The third-order valence-electron chi connectivity index (χ3n) is 1.82. The molecule has 0 radical (unpaired) electrons. The summed E-state index contributed by atoms with van der Waals surface area (Å²) in [6.07, 6.45) is 0. The number of nitrogens with zero attached hydrogens (tertiary/aromatic N) is 3. The average Bonchev–Trinajstić information content (AvgIpc) is 2.28. The largest absolute Gasteiger partial charge is 0.269 e. The highest BCUT2D eigenvalue weighted by molar-refractivity contribution is 8.10. The molecule has 0 spiro atoms. The first-order chi connectivity index (χ1) is 7.85. The van der Waals surface area contributed by atoms with Gasteiger partial charge in [-0.15, -0.1) is 0 Å². The quantitative estimate of drug-likeness (QED) is 0.625. The van der Waals surface area contributed by atoms with E-state index in [1.807, 2.05) is 6.07 Å². The number of hydrogen-bond acceptors (Lipinski definition) is 4. The van der Waals surface area contributed by atoms with Crippen LogP contribution >= 0.6 is 10.7 Å². The van der Waals surface area contributed by atoms with Crippen LogP contribution in [0.3, 0.4) is 0 Å². The van der Waals surface area contributed by atoms with Crippen LogP contribution in [-0.4, -0.2) is 10.5 Å². The summed E-state index contributed by atoms with van der Waals surface area (Å²) < 4.78 is 4.13. The van der Waals surface area contributed by atoms with Crippen molar-refractivity contribution in [2.75, 3.05) is 0 Å². The second-order valence-corrected chi connectivity index (χ2v) is 5.76. The predicted octanol–water partition coefficient (Wildman–Crippen LogP) is 3.21. The number of nitro groups is 1. The van der Waals surface area contributed by atoms with E-state index in [2.05, 4.69) is 4.36 Å². The summed E-state index contributed by atoms with van der Waals surface area (Å²) in [5, 5.41) is 19.3. The fraction of sp³-hybridized carbons (Fsp3) is 0.300. The monoisotopic (exact) mass is 271 g/mol. The van der Waals surface area contributed by atoms with Crippen molar-refractivity contribution in [1.82, 2.24) is 0 Å². The van der Waals surface area contributed by atoms with Gasteiger partial charge >= 0.3 is 0 Å². The summed E-state index contributed by atoms with van der Waals surface area (Å²) in [5.74, 6) is 0. The Morgan fingerprint density at radius 1 is 1.47 bits per heavy atom. The highest BCUT2D eigenvalue weighted by Crippen LogP contribution is 2.21. The van der Waals surface area contributed by atoms with Crippen LogP contribution in [0.5, 0.6) is 0 Å². The molecule has 0 fully saturated rings. The van der Waals surface area contributed by atoms with Gasteiger partial charge < -0.3 is 0 Å². The molecule has 0 aliphatic rings. The van der Waals surface area contributed by atoms with Crippen molar-refractivity contribution in [2.45, 2.75) is 24.3 Å². The molecular weight excluding hydrogens is 262 g/mol. The van der Waals surface area contributed by atoms with E-state index >= 15 is 0 Å². The van der Waals surface area contributed by atoms with E-state index in [1.54, 1.807) is 26.0 Å². The zero-order chi connectivity index (χ0) is 13.1. The number of nitro benzene ring substituents is 1. The van der Waals surface area contributed by atoms with Gasteiger partial charge in [0.2, 0.25) is 0 Å². The minimum atomic E-state index is -0.972. The molecule has 0 amide bonds. The van der Waals surface area contributed by atoms with Crippen LogP contribution in [0.1, 0.15) is 13.8 Å². The Hall–Kier alpha value is -1.45. The van der Waals surface area contributed by atoms with E-state index in [1.165, 1.54) is 12.1 Å². The summed E-state index contributed by atoms with van der Waals surface area (Å²) in [7, 11) is 5.07. The number of benzene rings is 1. The minimum absolute atomic E-state index is 0.00181. The van der Waals surface area contributed by atoms with Crippen molar-refractivity contribution in [3.05, 3.63) is 34.4 Å². The molecule has 0 bridgehead atoms.